The number of sulfone groups is 2. The molecule has 1 saturated carbocycles. The number of nitrogens with zero attached hydrogens (tertiary/aromatic N) is 1. The number of aliphatic hydroxyl groups excluding tert-OH is 1. The van der Waals surface area contributed by atoms with Crippen molar-refractivity contribution < 1.29 is 296 Å². The molecule has 2 radical (unpaired) electrons. The Labute approximate surface area is 1080 Å². The van der Waals surface area contributed by atoms with Crippen LogP contribution in [0.4, 0.5) is 22.0 Å². The number of thiocarbonyl (C=S) groups is 2. The van der Waals surface area contributed by atoms with E-state index in [0.29, 0.717) is 93.5 Å². The number of aromatic carboxylic acids is 1. The molecule has 13 rings (SSSR count). The number of thiophene rings is 6. The monoisotopic (exact) mass is 2740 g/mol. The number of hydrogen-bond donors (Lipinski definition) is 3. The Morgan fingerprint density at radius 3 is 1.25 bits per heavy atom. The Hall–Kier alpha value is 1.93. The first-order valence-electron chi connectivity index (χ1n) is 40.4. The largest absolute Gasteiger partial charge is 1.00 e. The number of ether oxygens (including phenoxy) is 2. The zero-order valence-corrected chi connectivity index (χ0v) is 110. The van der Waals surface area contributed by atoms with Gasteiger partial charge in [0.2, 0.25) is 8.32 Å². The molecule has 6 heterocycles. The minimum atomic E-state index is -5.48. The summed E-state index contributed by atoms with van der Waals surface area (Å²) in [7, 11) is -11.9. The van der Waals surface area contributed by atoms with Gasteiger partial charge in [0.25, 0.3) is 6.47 Å². The molecule has 27 nitrogen and oxygen atoms in total. The summed E-state index contributed by atoms with van der Waals surface area (Å²) in [5, 5.41) is 26.8. The van der Waals surface area contributed by atoms with E-state index < -0.39 is 73.7 Å². The van der Waals surface area contributed by atoms with E-state index in [1.54, 1.807) is 87.7 Å². The van der Waals surface area contributed by atoms with E-state index in [4.69, 9.17) is 61.2 Å². The fraction of sp³-hybridized carbons (Fsp3) is 0.570. The molecule has 7 aliphatic rings. The van der Waals surface area contributed by atoms with Gasteiger partial charge in [-0.1, -0.05) is 57.9 Å². The summed E-state index contributed by atoms with van der Waals surface area (Å²) in [6, 6.07) is 0. The van der Waals surface area contributed by atoms with Gasteiger partial charge in [-0.05, 0) is 258 Å². The smallest absolute Gasteiger partial charge is 1.00 e. The Kier molecular flexibility index (Phi) is 104. The molecule has 1 unspecified atom stereocenters. The predicted octanol–water partition coefficient (Wildman–Crippen LogP) is 17.5. The van der Waals surface area contributed by atoms with E-state index >= 15 is 0 Å². The van der Waals surface area contributed by atoms with Gasteiger partial charge in [-0.2, -0.15) is 21.6 Å². The van der Waals surface area contributed by atoms with Gasteiger partial charge in [0, 0.05) is 108 Å². The van der Waals surface area contributed by atoms with E-state index in [0.717, 1.165) is 168 Å². The second kappa shape index (κ2) is 89.5. The fourth-order valence-electron chi connectivity index (χ4n) is 12.0. The maximum atomic E-state index is 13.3. The van der Waals surface area contributed by atoms with Gasteiger partial charge in [0.15, 0.2) is 60.5 Å². The van der Waals surface area contributed by atoms with Crippen LogP contribution in [-0.2, 0) is 123 Å². The van der Waals surface area contributed by atoms with E-state index in [9.17, 15) is 99.9 Å². The third kappa shape index (κ3) is 58.5. The second-order valence-corrected chi connectivity index (χ2v) is 56.0. The van der Waals surface area contributed by atoms with Crippen LogP contribution in [0.1, 0.15) is 293 Å². The van der Waals surface area contributed by atoms with Crippen molar-refractivity contribution in [3.05, 3.63) is 93.3 Å². The number of thioether (sulfide) groups is 4. The van der Waals surface area contributed by atoms with Crippen LogP contribution in [0.2, 0.25) is 18.1 Å². The molecule has 824 valence electrons. The second-order valence-electron chi connectivity index (χ2n) is 28.9. The van der Waals surface area contributed by atoms with Crippen LogP contribution < -0.4 is 138 Å². The summed E-state index contributed by atoms with van der Waals surface area (Å²) in [6.07, 6.45) is 23.2. The Morgan fingerprint density at radius 1 is 0.623 bits per heavy atom. The van der Waals surface area contributed by atoms with Crippen molar-refractivity contribution in [3.8, 4) is 0 Å². The van der Waals surface area contributed by atoms with Crippen molar-refractivity contribution in [2.24, 2.45) is 4.30 Å². The van der Waals surface area contributed by atoms with Gasteiger partial charge in [0.1, 0.15) is 35.6 Å². The standard InChI is InChI=1S/C12H14O3S2.C10H10O3S2.C9H8BrFO3S2.C9H9BrO3S2.C9H9BrOS2.C9H10OS2.C7H15F3O3SSi.C6H8O2.C4H7ClO2.C2H6O.CH2Cl2.CH3F.CH2O3.CS2.5CH4.BHNS.Cu.2K.Na.H2O.H/c1-3-15-11(14)10-7-5-4-6-8(13)9(7)12(16-2)17-10;1-14-10-7-5(3-2-4-6(7)11)8(15-10)9(12)13;1-16(13,14)9-6-4(8(10)15-9)2-3-5(11)7(6)12;1-15(12,13)9-7-5(8(10)14-9)3-2-4-6(7)11;1-12-9-7-5(8(10)13-9)3-2-4-6(7)11;1-11-9-8-6(5-12-9)3-2-4-7(8)10;1-6(2,3)15(4,5)13-14(11,12)7(8,9)10;7-5-2-1-3-6(8)4-5;1-2-7-4(6)3-5;1-2-3;2-1-3;1-2;2-1-4-3;2-1-3;;;;;;1-2-3;;;;;;/h3-6H2,1-2H3;2-4H2,1H3,(H,12,13);5H,2-3H2,1H3;2-4H2,1H3;2-4H2,1H3;5H,2-4H2,1H3;1-5H3;1-4H2;2-3H2,1H3;3H,2H2,1H3;1H2;1H3;1,3H;;5*1H4;3H;;;;;1H2;/q;;;;;;;;;;;;;;;;;;;;;3*+1;;-1/p-2/i;;;;;;;;;;;1D;;;;;;;;;;;;;;. The summed E-state index contributed by atoms with van der Waals surface area (Å²) in [4.78, 5) is 136. The van der Waals surface area contributed by atoms with Crippen LogP contribution in [0.5, 0.6) is 0 Å². The number of esters is 2. The third-order valence-corrected chi connectivity index (χ3v) is 43.1. The zero-order chi connectivity index (χ0) is 106. The number of hydrogen-bond acceptors (Lipinski definition) is 39. The molecule has 6 aromatic rings. The molecular formula is C86H125BBr3Cl3CuF5K2NNaO26S16Si. The first-order valence-corrected chi connectivity index (χ1v) is 62.8. The molecule has 3 N–H and O–H groups in total. The van der Waals surface area contributed by atoms with Crippen molar-refractivity contribution >= 4 is 356 Å². The van der Waals surface area contributed by atoms with Gasteiger partial charge < -0.3 is 40.6 Å². The molecule has 6 aromatic heterocycles. The molecule has 1 fully saturated rings. The Balaban J connectivity index is -0.000000123. The number of carboxylic acid groups (broad SMARTS) is 1. The average molecular weight is 2750 g/mol. The van der Waals surface area contributed by atoms with Crippen molar-refractivity contribution in [1.29, 1.82) is 0 Å². The topological polar surface area (TPSA) is 450 Å². The van der Waals surface area contributed by atoms with Crippen molar-refractivity contribution in [2.75, 3.05) is 75.7 Å². The molecule has 0 spiro atoms. The minimum absolute atomic E-state index is 0. The quantitative estimate of drug-likeness (QED) is 0.00741. The molecule has 60 heteroatoms. The molecule has 0 amide bonds. The summed E-state index contributed by atoms with van der Waals surface area (Å²) in [5.74, 6) is -1.18. The molecule has 0 bridgehead atoms. The van der Waals surface area contributed by atoms with Crippen LogP contribution in [-0.4, -0.2) is 219 Å². The Bertz CT molecular complexity index is 5470. The third-order valence-electron chi connectivity index (χ3n) is 18.5. The number of Topliss-reactive ketones (excluding diaryl/α,β-unsaturated/α-hetero) is 8. The number of aliphatic hydroxyl groups is 1. The molecule has 7 aliphatic carbocycles. The average Bonchev–Trinajstić information content (AvgIpc) is 1.57. The van der Waals surface area contributed by atoms with Crippen LogP contribution in [0, 0.1) is 0 Å². The molecular weight excluding hydrogens is 2620 g/mol. The van der Waals surface area contributed by atoms with Gasteiger partial charge >= 0.3 is 191 Å². The minimum Gasteiger partial charge on any atom is -1.00 e. The van der Waals surface area contributed by atoms with Crippen LogP contribution >= 0.6 is 235 Å². The number of fused-ring (bicyclic) bond motifs is 6. The number of carbonyl (C=O) groups is 12. The van der Waals surface area contributed by atoms with Crippen LogP contribution in [0.25, 0.3) is 0 Å². The first kappa shape index (κ1) is 170. The van der Waals surface area contributed by atoms with Gasteiger partial charge in [-0.3, -0.25) is 52.3 Å². The van der Waals surface area contributed by atoms with Crippen LogP contribution in [0.3, 0.4) is 0 Å². The number of carbonyl (C=O) groups excluding carboxylic acids is 11. The van der Waals surface area contributed by atoms with Gasteiger partial charge in [0.05, 0.1) is 72.8 Å². The summed E-state index contributed by atoms with van der Waals surface area (Å²) >= 11 is 50.3. The number of rotatable bonds is 14. The van der Waals surface area contributed by atoms with E-state index in [2.05, 4.69) is 116 Å². The summed E-state index contributed by atoms with van der Waals surface area (Å²) in [6.45, 7) is 13.9. The van der Waals surface area contributed by atoms with E-state index in [-0.39, 0.29) is 285 Å². The first-order chi connectivity index (χ1) is 63.9. The molecule has 1 atom stereocenters. The SMILES string of the molecule is C.C.C.C.C.CC(C)(C)[Si](C)(C)OS(=O)(=O)C(F)(F)F.CCO.CCOC(=O)CCl.CCOC(=O)c1sc(SC)c2c1CCCC2=O.CS(=O)(=O)c1sc(Br)c2c1C(=O)C(F)CC2.CS(=O)(=O)c1sc(Br)c2c1C(=O)CCC2.CSc1sc(Br)c2c1C(=O)CCC2.CSc1sc(C(=O)O)c2c1C(=O)CCC2.CSc1scc2c1C(=O)CCC2.ClCCl.O=C1CCCC(=O)C1.O=CO[O-].S=C=S.[2H]CF.[B]=NS.[Cu].[H-].[K+].[K+].[Na+].[OH-]. The van der Waals surface area contributed by atoms with Gasteiger partial charge in [-0.25, -0.2) is 30.8 Å². The summed E-state index contributed by atoms with van der Waals surface area (Å²) < 4.78 is 158. The van der Waals surface area contributed by atoms with Crippen molar-refractivity contribution in [1.82, 2.24) is 0 Å². The molecule has 0 aliphatic heterocycles. The van der Waals surface area contributed by atoms with Crippen molar-refractivity contribution in [3.63, 3.8) is 0 Å². The number of ketones is 8. The summed E-state index contributed by atoms with van der Waals surface area (Å²) in [5.41, 5.74) is 4.30. The molecule has 146 heavy (non-hydrogen) atoms. The van der Waals surface area contributed by atoms with E-state index in [1.165, 1.54) is 78.8 Å². The molecule has 0 aromatic carbocycles. The van der Waals surface area contributed by atoms with E-state index in [1.807, 2.05) is 29.3 Å². The zero-order valence-electron chi connectivity index (χ0n) is 81.6. The Morgan fingerprint density at radius 2 is 0.932 bits per heavy atom. The fourth-order valence-corrected chi connectivity index (χ4v) is 31.5. The van der Waals surface area contributed by atoms with Gasteiger partial charge in [-0.15, -0.1) is 150 Å². The number of thiol groups is 1. The predicted molar refractivity (Wildman–Crippen MR) is 596 cm³/mol. The number of aryl methyl sites for hydroxylation is 1. The maximum Gasteiger partial charge on any atom is 1.00 e. The number of halogens is 11. The maximum absolute atomic E-state index is 13.3. The number of carboxylic acids is 1. The molecule has 0 saturated heterocycles. The normalized spacial score (nSPS) is 13.8. The van der Waals surface area contributed by atoms with Crippen molar-refractivity contribution in [2.45, 2.75) is 269 Å². The van der Waals surface area contributed by atoms with Crippen LogP contribution in [0.15, 0.2) is 46.3 Å². The number of alkyl halides is 8.